The average Bonchev–Trinajstić information content (AvgIpc) is 3.12. The van der Waals surface area contributed by atoms with Gasteiger partial charge in [0.2, 0.25) is 5.91 Å². The maximum absolute atomic E-state index is 12.8. The second-order valence-corrected chi connectivity index (χ2v) is 7.46. The number of nitrogens with zero attached hydrogens (tertiary/aromatic N) is 3. The van der Waals surface area contributed by atoms with E-state index < -0.39 is 11.9 Å². The number of fused-ring (bicyclic) bond motifs is 1. The number of halogens is 3. The molecule has 0 bridgehead atoms. The Morgan fingerprint density at radius 1 is 1.07 bits per heavy atom. The summed E-state index contributed by atoms with van der Waals surface area (Å²) in [5, 5.41) is 0. The molecule has 7 heteroatoms. The van der Waals surface area contributed by atoms with E-state index in [0.29, 0.717) is 18.0 Å². The van der Waals surface area contributed by atoms with Gasteiger partial charge in [-0.3, -0.25) is 4.79 Å². The first-order valence-corrected chi connectivity index (χ1v) is 9.58. The number of pyridine rings is 1. The van der Waals surface area contributed by atoms with Crippen LogP contribution in [0.3, 0.4) is 0 Å². The summed E-state index contributed by atoms with van der Waals surface area (Å²) in [6.45, 7) is 2.19. The molecule has 2 aliphatic heterocycles. The van der Waals surface area contributed by atoms with E-state index in [1.807, 2.05) is 28.0 Å². The van der Waals surface area contributed by atoms with E-state index in [1.165, 1.54) is 17.8 Å². The van der Waals surface area contributed by atoms with Gasteiger partial charge in [-0.15, -0.1) is 0 Å². The molecule has 1 amide bonds. The average molecular weight is 389 g/mol. The second kappa shape index (κ2) is 7.45. The summed E-state index contributed by atoms with van der Waals surface area (Å²) in [5.74, 6) is 0.471. The number of amides is 1. The van der Waals surface area contributed by atoms with Gasteiger partial charge in [-0.1, -0.05) is 18.2 Å². The summed E-state index contributed by atoms with van der Waals surface area (Å²) < 4.78 is 37.9. The summed E-state index contributed by atoms with van der Waals surface area (Å²) in [7, 11) is 0. The van der Waals surface area contributed by atoms with Crippen molar-refractivity contribution in [1.29, 1.82) is 0 Å². The molecule has 148 valence electrons. The van der Waals surface area contributed by atoms with Crippen molar-refractivity contribution in [1.82, 2.24) is 4.98 Å². The third kappa shape index (κ3) is 3.84. The number of para-hydroxylation sites is 1. The SMILES string of the molecule is O=C(CC1CCN(c2ccc(C(F)(F)F)nc2)CC1)N1CCc2ccccc21. The van der Waals surface area contributed by atoms with Crippen LogP contribution >= 0.6 is 0 Å². The van der Waals surface area contributed by atoms with Crippen molar-refractivity contribution in [2.24, 2.45) is 5.92 Å². The number of anilines is 2. The minimum atomic E-state index is -4.42. The van der Waals surface area contributed by atoms with Crippen molar-refractivity contribution in [2.45, 2.75) is 31.9 Å². The van der Waals surface area contributed by atoms with Crippen LogP contribution in [0.5, 0.6) is 0 Å². The Hall–Kier alpha value is -2.57. The van der Waals surface area contributed by atoms with Crippen molar-refractivity contribution in [3.63, 3.8) is 0 Å². The van der Waals surface area contributed by atoms with Gasteiger partial charge in [0.15, 0.2) is 0 Å². The Balaban J connectivity index is 1.32. The first-order chi connectivity index (χ1) is 13.4. The lowest BCUT2D eigenvalue weighted by Crippen LogP contribution is -2.37. The van der Waals surface area contributed by atoms with Crippen molar-refractivity contribution in [3.8, 4) is 0 Å². The van der Waals surface area contributed by atoms with Crippen LogP contribution < -0.4 is 9.80 Å². The van der Waals surface area contributed by atoms with Gasteiger partial charge in [0, 0.05) is 31.7 Å². The lowest BCUT2D eigenvalue weighted by molar-refractivity contribution is -0.141. The molecule has 28 heavy (non-hydrogen) atoms. The fourth-order valence-electron chi connectivity index (χ4n) is 4.09. The number of rotatable bonds is 3. The zero-order valence-electron chi connectivity index (χ0n) is 15.5. The van der Waals surface area contributed by atoms with E-state index in [4.69, 9.17) is 0 Å². The van der Waals surface area contributed by atoms with Gasteiger partial charge in [-0.2, -0.15) is 13.2 Å². The summed E-state index contributed by atoms with van der Waals surface area (Å²) in [6, 6.07) is 10.5. The van der Waals surface area contributed by atoms with Crippen LogP contribution in [0.2, 0.25) is 0 Å². The first-order valence-electron chi connectivity index (χ1n) is 9.58. The van der Waals surface area contributed by atoms with Crippen molar-refractivity contribution in [3.05, 3.63) is 53.9 Å². The number of hydrogen-bond donors (Lipinski definition) is 0. The molecule has 1 fully saturated rings. The fraction of sp³-hybridized carbons (Fsp3) is 0.429. The Morgan fingerprint density at radius 2 is 1.82 bits per heavy atom. The predicted molar refractivity (Wildman–Crippen MR) is 101 cm³/mol. The van der Waals surface area contributed by atoms with Crippen LogP contribution in [-0.2, 0) is 17.4 Å². The Morgan fingerprint density at radius 3 is 2.50 bits per heavy atom. The summed E-state index contributed by atoms with van der Waals surface area (Å²) >= 11 is 0. The topological polar surface area (TPSA) is 36.4 Å². The van der Waals surface area contributed by atoms with Gasteiger partial charge < -0.3 is 9.80 Å². The monoisotopic (exact) mass is 389 g/mol. The molecule has 0 N–H and O–H groups in total. The molecule has 0 unspecified atom stereocenters. The maximum Gasteiger partial charge on any atom is 0.433 e. The molecule has 3 heterocycles. The molecular formula is C21H22F3N3O. The molecule has 4 nitrogen and oxygen atoms in total. The van der Waals surface area contributed by atoms with Gasteiger partial charge in [-0.05, 0) is 48.9 Å². The highest BCUT2D eigenvalue weighted by Gasteiger charge is 2.32. The highest BCUT2D eigenvalue weighted by molar-refractivity contribution is 5.95. The summed E-state index contributed by atoms with van der Waals surface area (Å²) in [6.07, 6.45) is -0.00520. The molecule has 2 aliphatic rings. The Bertz CT molecular complexity index is 843. The predicted octanol–water partition coefficient (Wildman–Crippen LogP) is 4.30. The Labute approximate surface area is 162 Å². The molecule has 1 saturated heterocycles. The van der Waals surface area contributed by atoms with Crippen LogP contribution in [0.15, 0.2) is 42.6 Å². The number of aromatic nitrogens is 1. The van der Waals surface area contributed by atoms with Gasteiger partial charge in [0.05, 0.1) is 11.9 Å². The molecule has 0 aliphatic carbocycles. The summed E-state index contributed by atoms with van der Waals surface area (Å²) in [5.41, 5.74) is 2.08. The van der Waals surface area contributed by atoms with Crippen LogP contribution in [0.1, 0.15) is 30.5 Å². The molecular weight excluding hydrogens is 367 g/mol. The van der Waals surface area contributed by atoms with Crippen LogP contribution in [0.4, 0.5) is 24.5 Å². The van der Waals surface area contributed by atoms with Gasteiger partial charge in [0.25, 0.3) is 0 Å². The molecule has 0 saturated carbocycles. The molecule has 1 aromatic heterocycles. The highest BCUT2D eigenvalue weighted by atomic mass is 19.4. The molecule has 0 atom stereocenters. The van der Waals surface area contributed by atoms with Crippen molar-refractivity contribution < 1.29 is 18.0 Å². The first kappa shape index (κ1) is 18.8. The largest absolute Gasteiger partial charge is 0.433 e. The minimum absolute atomic E-state index is 0.166. The third-order valence-electron chi connectivity index (χ3n) is 5.67. The van der Waals surface area contributed by atoms with E-state index in [-0.39, 0.29) is 5.91 Å². The smallest absolute Gasteiger partial charge is 0.370 e. The molecule has 4 rings (SSSR count). The lowest BCUT2D eigenvalue weighted by Gasteiger charge is -2.34. The zero-order chi connectivity index (χ0) is 19.7. The fourth-order valence-corrected chi connectivity index (χ4v) is 4.09. The maximum atomic E-state index is 12.8. The van der Waals surface area contributed by atoms with Gasteiger partial charge >= 0.3 is 6.18 Å². The Kier molecular flexibility index (Phi) is 5.00. The lowest BCUT2D eigenvalue weighted by atomic mass is 9.92. The van der Waals surface area contributed by atoms with E-state index in [9.17, 15) is 18.0 Å². The summed E-state index contributed by atoms with van der Waals surface area (Å²) in [4.78, 5) is 20.2. The van der Waals surface area contributed by atoms with Crippen LogP contribution in [-0.4, -0.2) is 30.5 Å². The van der Waals surface area contributed by atoms with Crippen LogP contribution in [0.25, 0.3) is 0 Å². The van der Waals surface area contributed by atoms with Gasteiger partial charge in [-0.25, -0.2) is 4.98 Å². The third-order valence-corrected chi connectivity index (χ3v) is 5.67. The molecule has 1 aromatic carbocycles. The molecule has 2 aromatic rings. The van der Waals surface area contributed by atoms with E-state index >= 15 is 0 Å². The highest BCUT2D eigenvalue weighted by Crippen LogP contribution is 2.32. The standard InChI is InChI=1S/C21H22F3N3O/c22-21(23,24)19-6-5-17(14-25-19)26-10-7-15(8-11-26)13-20(28)27-12-9-16-3-1-2-4-18(16)27/h1-6,14-15H,7-13H2. The minimum Gasteiger partial charge on any atom is -0.370 e. The number of benzene rings is 1. The van der Waals surface area contributed by atoms with Gasteiger partial charge in [0.1, 0.15) is 5.69 Å². The molecule has 0 radical (unpaired) electrons. The second-order valence-electron chi connectivity index (χ2n) is 7.46. The van der Waals surface area contributed by atoms with Crippen molar-refractivity contribution in [2.75, 3.05) is 29.4 Å². The van der Waals surface area contributed by atoms with E-state index in [2.05, 4.69) is 11.1 Å². The van der Waals surface area contributed by atoms with Crippen LogP contribution in [0, 0.1) is 5.92 Å². The number of carbonyl (C=O) groups excluding carboxylic acids is 1. The quantitative estimate of drug-likeness (QED) is 0.786. The van der Waals surface area contributed by atoms with E-state index in [0.717, 1.165) is 50.7 Å². The van der Waals surface area contributed by atoms with Crippen molar-refractivity contribution >= 4 is 17.3 Å². The normalized spacial score (nSPS) is 17.7. The number of hydrogen-bond acceptors (Lipinski definition) is 3. The number of carbonyl (C=O) groups is 1. The number of piperidine rings is 1. The number of alkyl halides is 3. The zero-order valence-corrected chi connectivity index (χ0v) is 15.5. The van der Waals surface area contributed by atoms with E-state index in [1.54, 1.807) is 0 Å². The molecule has 0 spiro atoms.